The van der Waals surface area contributed by atoms with Crippen molar-refractivity contribution < 1.29 is 27.7 Å². The van der Waals surface area contributed by atoms with Crippen LogP contribution in [0, 0.1) is 6.92 Å². The molecule has 0 saturated heterocycles. The molecule has 3 aromatic carbocycles. The van der Waals surface area contributed by atoms with Gasteiger partial charge in [-0.3, -0.25) is 0 Å². The van der Waals surface area contributed by atoms with Gasteiger partial charge in [0.2, 0.25) is 0 Å². The minimum Gasteiger partial charge on any atom is -0.497 e. The molecule has 0 amide bonds. The molecule has 0 spiro atoms. The van der Waals surface area contributed by atoms with Crippen LogP contribution in [0.5, 0.6) is 17.2 Å². The molecule has 1 atom stereocenters. The number of alkyl halides is 2. The van der Waals surface area contributed by atoms with Gasteiger partial charge in [-0.05, 0) is 66.9 Å². The Balaban J connectivity index is 1.80. The number of rotatable bonds is 9. The molecule has 0 bridgehead atoms. The predicted molar refractivity (Wildman–Crippen MR) is 130 cm³/mol. The number of ether oxygens (including phenoxy) is 4. The number of hydrogen-bond donors (Lipinski definition) is 2. The van der Waals surface area contributed by atoms with Gasteiger partial charge in [0.1, 0.15) is 23.9 Å². The first-order chi connectivity index (χ1) is 16.8. The van der Waals surface area contributed by atoms with Crippen molar-refractivity contribution in [3.8, 4) is 17.2 Å². The van der Waals surface area contributed by atoms with Crippen LogP contribution in [0.25, 0.3) is 0 Å². The smallest absolute Gasteiger partial charge is 0.387 e. The first-order valence-corrected chi connectivity index (χ1v) is 11.1. The number of nitrogens with two attached hydrogens (primary N) is 1. The molecule has 35 heavy (non-hydrogen) atoms. The standard InChI is InChI=1S/C26H27F2N3O4/c1-4-33-22-12-18(11-20(14-22)30-19-6-5-7-21(13-19)32-3)26(15-34-25(29)31-26)17-8-9-23(16(2)10-17)35-24(27)28/h5-14,24,30H,4,15H2,1-3H3,(H2,29,31)/t26-/m0/s1. The van der Waals surface area contributed by atoms with Gasteiger partial charge in [-0.25, -0.2) is 4.99 Å². The molecule has 9 heteroatoms. The lowest BCUT2D eigenvalue weighted by atomic mass is 9.83. The third-order valence-electron chi connectivity index (χ3n) is 5.65. The maximum atomic E-state index is 12.8. The Morgan fingerprint density at radius 2 is 1.86 bits per heavy atom. The molecule has 1 aliphatic heterocycles. The Morgan fingerprint density at radius 1 is 1.06 bits per heavy atom. The lowest BCUT2D eigenvalue weighted by Crippen LogP contribution is -2.27. The van der Waals surface area contributed by atoms with E-state index in [4.69, 9.17) is 19.9 Å². The summed E-state index contributed by atoms with van der Waals surface area (Å²) in [6, 6.07) is 18.2. The number of nitrogens with one attached hydrogen (secondary N) is 1. The lowest BCUT2D eigenvalue weighted by molar-refractivity contribution is -0.0503. The molecule has 4 rings (SSSR count). The molecule has 7 nitrogen and oxygen atoms in total. The van der Waals surface area contributed by atoms with E-state index in [0.29, 0.717) is 17.9 Å². The molecule has 0 saturated carbocycles. The van der Waals surface area contributed by atoms with Crippen molar-refractivity contribution in [2.75, 3.05) is 25.6 Å². The van der Waals surface area contributed by atoms with Crippen molar-refractivity contribution in [2.45, 2.75) is 26.0 Å². The summed E-state index contributed by atoms with van der Waals surface area (Å²) in [6.45, 7) is 1.30. The van der Waals surface area contributed by atoms with Gasteiger partial charge >= 0.3 is 6.61 Å². The molecule has 1 heterocycles. The SMILES string of the molecule is CCOc1cc(Nc2cccc(OC)c2)cc([C@@]2(c3ccc(OC(F)F)c(C)c3)COC(N)=N2)c1. The Hall–Kier alpha value is -4.01. The highest BCUT2D eigenvalue weighted by atomic mass is 19.3. The second-order valence-corrected chi connectivity index (χ2v) is 7.99. The topological polar surface area (TPSA) is 87.3 Å². The highest BCUT2D eigenvalue weighted by Crippen LogP contribution is 2.42. The van der Waals surface area contributed by atoms with E-state index in [1.54, 1.807) is 26.2 Å². The zero-order chi connectivity index (χ0) is 25.0. The van der Waals surface area contributed by atoms with Gasteiger partial charge in [-0.1, -0.05) is 12.1 Å². The van der Waals surface area contributed by atoms with Crippen molar-refractivity contribution in [3.05, 3.63) is 77.4 Å². The molecule has 3 aromatic rings. The number of halogens is 2. The highest BCUT2D eigenvalue weighted by molar-refractivity contribution is 5.76. The van der Waals surface area contributed by atoms with E-state index in [1.807, 2.05) is 49.4 Å². The third kappa shape index (κ3) is 5.24. The molecule has 1 aliphatic rings. The van der Waals surface area contributed by atoms with Crippen LogP contribution in [0.15, 0.2) is 65.7 Å². The van der Waals surface area contributed by atoms with E-state index in [-0.39, 0.29) is 18.4 Å². The number of anilines is 2. The van der Waals surface area contributed by atoms with Crippen molar-refractivity contribution in [3.63, 3.8) is 0 Å². The van der Waals surface area contributed by atoms with Gasteiger partial charge in [-0.15, -0.1) is 0 Å². The maximum Gasteiger partial charge on any atom is 0.387 e. The first-order valence-electron chi connectivity index (χ1n) is 11.1. The molecular weight excluding hydrogens is 456 g/mol. The summed E-state index contributed by atoms with van der Waals surface area (Å²) in [6.07, 6.45) is 0. The number of aryl methyl sites for hydroxylation is 1. The molecule has 184 valence electrons. The third-order valence-corrected chi connectivity index (χ3v) is 5.65. The van der Waals surface area contributed by atoms with Gasteiger partial charge in [0.05, 0.1) is 13.7 Å². The number of nitrogens with zero attached hydrogens (tertiary/aromatic N) is 1. The molecule has 0 radical (unpaired) electrons. The number of aliphatic imine (C=N–C) groups is 1. The Bertz CT molecular complexity index is 1230. The molecule has 0 fully saturated rings. The van der Waals surface area contributed by atoms with Crippen LogP contribution in [-0.4, -0.2) is 33.0 Å². The predicted octanol–water partition coefficient (Wildman–Crippen LogP) is 5.34. The van der Waals surface area contributed by atoms with Crippen LogP contribution in [-0.2, 0) is 10.3 Å². The van der Waals surface area contributed by atoms with E-state index >= 15 is 0 Å². The Kier molecular flexibility index (Phi) is 6.95. The lowest BCUT2D eigenvalue weighted by Gasteiger charge is -2.27. The van der Waals surface area contributed by atoms with E-state index in [1.165, 1.54) is 6.07 Å². The van der Waals surface area contributed by atoms with Gasteiger partial charge in [0, 0.05) is 23.5 Å². The molecule has 0 unspecified atom stereocenters. The average Bonchev–Trinajstić information content (AvgIpc) is 3.23. The average molecular weight is 484 g/mol. The Labute approximate surface area is 202 Å². The van der Waals surface area contributed by atoms with Crippen LogP contribution in [0.2, 0.25) is 0 Å². The molecule has 0 aliphatic carbocycles. The summed E-state index contributed by atoms with van der Waals surface area (Å²) in [5.74, 6) is 1.44. The summed E-state index contributed by atoms with van der Waals surface area (Å²) in [5.41, 5.74) is 8.55. The summed E-state index contributed by atoms with van der Waals surface area (Å²) >= 11 is 0. The number of benzene rings is 3. The summed E-state index contributed by atoms with van der Waals surface area (Å²) in [4.78, 5) is 4.65. The molecular formula is C26H27F2N3O4. The zero-order valence-corrected chi connectivity index (χ0v) is 19.7. The summed E-state index contributed by atoms with van der Waals surface area (Å²) < 4.78 is 46.9. The maximum absolute atomic E-state index is 12.8. The minimum absolute atomic E-state index is 0.0414. The fourth-order valence-corrected chi connectivity index (χ4v) is 4.06. The van der Waals surface area contributed by atoms with Gasteiger partial charge < -0.3 is 30.0 Å². The van der Waals surface area contributed by atoms with Crippen LogP contribution in [0.4, 0.5) is 20.2 Å². The van der Waals surface area contributed by atoms with E-state index in [9.17, 15) is 8.78 Å². The van der Waals surface area contributed by atoms with Crippen LogP contribution < -0.4 is 25.3 Å². The summed E-state index contributed by atoms with van der Waals surface area (Å²) in [7, 11) is 1.61. The fourth-order valence-electron chi connectivity index (χ4n) is 4.06. The number of hydrogen-bond acceptors (Lipinski definition) is 7. The summed E-state index contributed by atoms with van der Waals surface area (Å²) in [5, 5.41) is 3.38. The number of methoxy groups -OCH3 is 1. The number of amidine groups is 1. The minimum atomic E-state index is -2.91. The highest BCUT2D eigenvalue weighted by Gasteiger charge is 2.41. The zero-order valence-electron chi connectivity index (χ0n) is 19.7. The quantitative estimate of drug-likeness (QED) is 0.428. The van der Waals surface area contributed by atoms with Crippen molar-refractivity contribution in [1.29, 1.82) is 0 Å². The second-order valence-electron chi connectivity index (χ2n) is 7.99. The molecule has 0 aromatic heterocycles. The Morgan fingerprint density at radius 3 is 2.51 bits per heavy atom. The van der Waals surface area contributed by atoms with Gasteiger partial charge in [0.25, 0.3) is 6.02 Å². The van der Waals surface area contributed by atoms with E-state index < -0.39 is 12.2 Å². The molecule has 3 N–H and O–H groups in total. The largest absolute Gasteiger partial charge is 0.497 e. The van der Waals surface area contributed by atoms with Crippen molar-refractivity contribution in [1.82, 2.24) is 0 Å². The van der Waals surface area contributed by atoms with E-state index in [2.05, 4.69) is 15.0 Å². The fraction of sp³-hybridized carbons (Fsp3) is 0.269. The normalized spacial score (nSPS) is 17.0. The van der Waals surface area contributed by atoms with Crippen molar-refractivity contribution >= 4 is 17.4 Å². The van der Waals surface area contributed by atoms with Crippen LogP contribution in [0.1, 0.15) is 23.6 Å². The van der Waals surface area contributed by atoms with Crippen LogP contribution in [0.3, 0.4) is 0 Å². The van der Waals surface area contributed by atoms with Gasteiger partial charge in [-0.2, -0.15) is 8.78 Å². The van der Waals surface area contributed by atoms with Gasteiger partial charge in [0.15, 0.2) is 5.54 Å². The first kappa shape index (κ1) is 24.1. The second kappa shape index (κ2) is 10.1. The van der Waals surface area contributed by atoms with Crippen LogP contribution >= 0.6 is 0 Å². The van der Waals surface area contributed by atoms with Crippen molar-refractivity contribution in [2.24, 2.45) is 10.7 Å². The monoisotopic (exact) mass is 483 g/mol. The van der Waals surface area contributed by atoms with E-state index in [0.717, 1.165) is 28.3 Å².